The number of nitrogens with one attached hydrogen (secondary N) is 2. The minimum Gasteiger partial charge on any atom is -0.375 e. The highest BCUT2D eigenvalue weighted by atomic mass is 35.5. The minimum atomic E-state index is 0. The van der Waals surface area contributed by atoms with E-state index in [0.717, 1.165) is 38.6 Å². The van der Waals surface area contributed by atoms with Crippen LogP contribution in [0.2, 0.25) is 0 Å². The first kappa shape index (κ1) is 16.7. The number of rotatable bonds is 4. The average molecular weight is 291 g/mol. The molecular formula is C14H27ClN2O2. The number of halogens is 1. The summed E-state index contributed by atoms with van der Waals surface area (Å²) in [4.78, 5) is 11.9. The number of carbonyl (C=O) groups is 1. The Morgan fingerprint density at radius 3 is 2.74 bits per heavy atom. The van der Waals surface area contributed by atoms with Crippen LogP contribution >= 0.6 is 12.4 Å². The van der Waals surface area contributed by atoms with Gasteiger partial charge in [-0.3, -0.25) is 4.79 Å². The summed E-state index contributed by atoms with van der Waals surface area (Å²) in [5.74, 6) is 0.192. The summed E-state index contributed by atoms with van der Waals surface area (Å²) in [6, 6.07) is 0.875. The Morgan fingerprint density at radius 1 is 1.32 bits per heavy atom. The van der Waals surface area contributed by atoms with Crippen molar-refractivity contribution < 1.29 is 9.53 Å². The average Bonchev–Trinajstić information content (AvgIpc) is 2.73. The summed E-state index contributed by atoms with van der Waals surface area (Å²) < 4.78 is 5.73. The molecular weight excluding hydrogens is 264 g/mol. The largest absolute Gasteiger partial charge is 0.375 e. The maximum atomic E-state index is 11.9. The van der Waals surface area contributed by atoms with Crippen LogP contribution in [-0.2, 0) is 9.53 Å². The highest BCUT2D eigenvalue weighted by Gasteiger charge is 2.23. The number of hydrogen-bond acceptors (Lipinski definition) is 3. The standard InChI is InChI=1S/C14H26N2O2.ClH/c1-10-9-12(7-8-15-10)16-14(17)6-5-13-4-3-11(2)18-13;/h10-13,15H,3-9H2,1-2H3,(H,16,17);1H. The molecule has 4 nitrogen and oxygen atoms in total. The van der Waals surface area contributed by atoms with Crippen molar-refractivity contribution in [3.8, 4) is 0 Å². The first-order chi connectivity index (χ1) is 8.63. The molecule has 2 fully saturated rings. The van der Waals surface area contributed by atoms with Gasteiger partial charge in [-0.05, 0) is 52.5 Å². The lowest BCUT2D eigenvalue weighted by molar-refractivity contribution is -0.122. The lowest BCUT2D eigenvalue weighted by Gasteiger charge is -2.28. The van der Waals surface area contributed by atoms with Crippen LogP contribution in [0.15, 0.2) is 0 Å². The topological polar surface area (TPSA) is 50.4 Å². The molecule has 2 N–H and O–H groups in total. The highest BCUT2D eigenvalue weighted by Crippen LogP contribution is 2.22. The van der Waals surface area contributed by atoms with Crippen molar-refractivity contribution in [2.24, 2.45) is 0 Å². The molecule has 0 aromatic heterocycles. The highest BCUT2D eigenvalue weighted by molar-refractivity contribution is 5.85. The van der Waals surface area contributed by atoms with Crippen molar-refractivity contribution in [2.45, 2.75) is 76.7 Å². The Morgan fingerprint density at radius 2 is 2.11 bits per heavy atom. The SMILES string of the molecule is CC1CC(NC(=O)CCC2CCC(C)O2)CCN1.Cl. The van der Waals surface area contributed by atoms with Crippen molar-refractivity contribution in [3.05, 3.63) is 0 Å². The summed E-state index contributed by atoms with van der Waals surface area (Å²) in [5.41, 5.74) is 0. The summed E-state index contributed by atoms with van der Waals surface area (Å²) >= 11 is 0. The molecule has 5 heteroatoms. The quantitative estimate of drug-likeness (QED) is 0.833. The fraction of sp³-hybridized carbons (Fsp3) is 0.929. The molecule has 0 aliphatic carbocycles. The van der Waals surface area contributed by atoms with E-state index in [-0.39, 0.29) is 18.3 Å². The van der Waals surface area contributed by atoms with Crippen LogP contribution in [0, 0.1) is 0 Å². The van der Waals surface area contributed by atoms with E-state index in [2.05, 4.69) is 24.5 Å². The van der Waals surface area contributed by atoms with Gasteiger partial charge in [-0.1, -0.05) is 0 Å². The van der Waals surface area contributed by atoms with Gasteiger partial charge in [0.15, 0.2) is 0 Å². The molecule has 0 radical (unpaired) electrons. The zero-order valence-corrected chi connectivity index (χ0v) is 12.8. The zero-order chi connectivity index (χ0) is 13.0. The van der Waals surface area contributed by atoms with Gasteiger partial charge in [0, 0.05) is 18.5 Å². The molecule has 0 bridgehead atoms. The van der Waals surface area contributed by atoms with Crippen LogP contribution in [-0.4, -0.2) is 36.7 Å². The van der Waals surface area contributed by atoms with Crippen LogP contribution in [0.3, 0.4) is 0 Å². The molecule has 4 atom stereocenters. The van der Waals surface area contributed by atoms with Crippen molar-refractivity contribution in [1.29, 1.82) is 0 Å². The molecule has 19 heavy (non-hydrogen) atoms. The molecule has 2 saturated heterocycles. The summed E-state index contributed by atoms with van der Waals surface area (Å²) in [6.07, 6.45) is 6.50. The summed E-state index contributed by atoms with van der Waals surface area (Å²) in [5, 5.41) is 6.55. The third kappa shape index (κ3) is 5.67. The number of carbonyl (C=O) groups excluding carboxylic acids is 1. The summed E-state index contributed by atoms with van der Waals surface area (Å²) in [7, 11) is 0. The predicted octanol–water partition coefficient (Wildman–Crippen LogP) is 2.01. The predicted molar refractivity (Wildman–Crippen MR) is 78.7 cm³/mol. The normalized spacial score (nSPS) is 34.6. The van der Waals surface area contributed by atoms with Crippen LogP contribution in [0.5, 0.6) is 0 Å². The lowest BCUT2D eigenvalue weighted by atomic mass is 10.0. The fourth-order valence-corrected chi connectivity index (χ4v) is 2.95. The molecule has 2 aliphatic heterocycles. The van der Waals surface area contributed by atoms with Crippen LogP contribution in [0.4, 0.5) is 0 Å². The van der Waals surface area contributed by atoms with E-state index in [1.54, 1.807) is 0 Å². The second-order valence-corrected chi connectivity index (χ2v) is 5.83. The van der Waals surface area contributed by atoms with Crippen molar-refractivity contribution in [2.75, 3.05) is 6.54 Å². The fourth-order valence-electron chi connectivity index (χ4n) is 2.95. The Bertz CT molecular complexity index is 289. The van der Waals surface area contributed by atoms with Crippen LogP contribution < -0.4 is 10.6 Å². The van der Waals surface area contributed by atoms with E-state index >= 15 is 0 Å². The number of hydrogen-bond donors (Lipinski definition) is 2. The van der Waals surface area contributed by atoms with Crippen molar-refractivity contribution in [3.63, 3.8) is 0 Å². The Balaban J connectivity index is 0.00000180. The van der Waals surface area contributed by atoms with Gasteiger partial charge < -0.3 is 15.4 Å². The smallest absolute Gasteiger partial charge is 0.220 e. The first-order valence-corrected chi connectivity index (χ1v) is 7.31. The maximum absolute atomic E-state index is 11.9. The van der Waals surface area contributed by atoms with E-state index in [0.29, 0.717) is 30.7 Å². The molecule has 0 spiro atoms. The molecule has 2 aliphatic rings. The van der Waals surface area contributed by atoms with Gasteiger partial charge >= 0.3 is 0 Å². The van der Waals surface area contributed by atoms with Gasteiger partial charge in [0.1, 0.15) is 0 Å². The van der Waals surface area contributed by atoms with Gasteiger partial charge in [-0.15, -0.1) is 12.4 Å². The number of amides is 1. The van der Waals surface area contributed by atoms with Gasteiger partial charge in [0.25, 0.3) is 0 Å². The maximum Gasteiger partial charge on any atom is 0.220 e. The molecule has 0 saturated carbocycles. The number of ether oxygens (including phenoxy) is 1. The third-order valence-electron chi connectivity index (χ3n) is 4.00. The molecule has 1 amide bonds. The van der Waals surface area contributed by atoms with Crippen LogP contribution in [0.1, 0.15) is 52.4 Å². The van der Waals surface area contributed by atoms with Gasteiger partial charge in [0.05, 0.1) is 12.2 Å². The second-order valence-electron chi connectivity index (χ2n) is 5.83. The zero-order valence-electron chi connectivity index (χ0n) is 12.0. The second kappa shape index (κ2) is 8.08. The lowest BCUT2D eigenvalue weighted by Crippen LogP contribution is -2.46. The molecule has 112 valence electrons. The van der Waals surface area contributed by atoms with E-state index in [1.165, 1.54) is 0 Å². The Labute approximate surface area is 122 Å². The molecule has 0 aromatic rings. The van der Waals surface area contributed by atoms with E-state index in [1.807, 2.05) is 0 Å². The van der Waals surface area contributed by atoms with E-state index in [9.17, 15) is 4.79 Å². The van der Waals surface area contributed by atoms with E-state index in [4.69, 9.17) is 4.74 Å². The first-order valence-electron chi connectivity index (χ1n) is 7.31. The minimum absolute atomic E-state index is 0. The Hall–Kier alpha value is -0.320. The van der Waals surface area contributed by atoms with Gasteiger partial charge in [0.2, 0.25) is 5.91 Å². The monoisotopic (exact) mass is 290 g/mol. The van der Waals surface area contributed by atoms with Gasteiger partial charge in [-0.25, -0.2) is 0 Å². The Kier molecular flexibility index (Phi) is 7.11. The third-order valence-corrected chi connectivity index (χ3v) is 4.00. The molecule has 2 heterocycles. The molecule has 0 aromatic carbocycles. The summed E-state index contributed by atoms with van der Waals surface area (Å²) in [6.45, 7) is 5.29. The van der Waals surface area contributed by atoms with Crippen molar-refractivity contribution >= 4 is 18.3 Å². The molecule has 2 rings (SSSR count). The van der Waals surface area contributed by atoms with Gasteiger partial charge in [-0.2, -0.15) is 0 Å². The molecule has 4 unspecified atom stereocenters. The van der Waals surface area contributed by atoms with Crippen molar-refractivity contribution in [1.82, 2.24) is 10.6 Å². The van der Waals surface area contributed by atoms with E-state index < -0.39 is 0 Å². The van der Waals surface area contributed by atoms with Crippen LogP contribution in [0.25, 0.3) is 0 Å². The number of piperidine rings is 1.